The lowest BCUT2D eigenvalue weighted by Gasteiger charge is -1.99. The lowest BCUT2D eigenvalue weighted by atomic mass is 10.4. The number of rotatable bonds is 2. The van der Waals surface area contributed by atoms with Crippen LogP contribution in [-0.4, -0.2) is 4.57 Å². The van der Waals surface area contributed by atoms with Gasteiger partial charge in [-0.1, -0.05) is 13.0 Å². The van der Waals surface area contributed by atoms with Crippen molar-refractivity contribution in [3.63, 3.8) is 0 Å². The molecule has 0 unspecified atom stereocenters. The van der Waals surface area contributed by atoms with E-state index in [1.165, 1.54) is 0 Å². The van der Waals surface area contributed by atoms with Crippen LogP contribution in [0.25, 0.3) is 0 Å². The summed E-state index contributed by atoms with van der Waals surface area (Å²) < 4.78 is 1.65. The maximum absolute atomic E-state index is 10.9. The predicted molar refractivity (Wildman–Crippen MR) is 40.7 cm³/mol. The summed E-state index contributed by atoms with van der Waals surface area (Å²) in [5.74, 6) is 0. The minimum Gasteiger partial charge on any atom is -0.316 e. The monoisotopic (exact) mass is 136 g/mol. The molecule has 0 aromatic carbocycles. The molecule has 0 spiro atoms. The van der Waals surface area contributed by atoms with Gasteiger partial charge in [-0.2, -0.15) is 0 Å². The molecule has 0 aliphatic heterocycles. The Morgan fingerprint density at radius 2 is 2.30 bits per heavy atom. The lowest BCUT2D eigenvalue weighted by Crippen LogP contribution is -2.17. The highest BCUT2D eigenvalue weighted by molar-refractivity contribution is 4.92. The molecule has 2 nitrogen and oxygen atoms in total. The van der Waals surface area contributed by atoms with E-state index in [9.17, 15) is 4.79 Å². The summed E-state index contributed by atoms with van der Waals surface area (Å²) in [6.45, 7) is 4.37. The van der Waals surface area contributed by atoms with Crippen LogP contribution < -0.4 is 5.56 Å². The molecule has 10 heavy (non-hydrogen) atoms. The molecule has 1 radical (unpaired) electrons. The number of hydrogen-bond donors (Lipinski definition) is 0. The molecule has 0 amide bonds. The second kappa shape index (κ2) is 3.20. The molecule has 0 aliphatic rings. The fourth-order valence-corrected chi connectivity index (χ4v) is 0.816. The summed E-state index contributed by atoms with van der Waals surface area (Å²) in [5, 5.41) is 0. The summed E-state index contributed by atoms with van der Waals surface area (Å²) in [7, 11) is 0. The topological polar surface area (TPSA) is 22.0 Å². The van der Waals surface area contributed by atoms with Crippen LogP contribution >= 0.6 is 0 Å². The Kier molecular flexibility index (Phi) is 2.26. The van der Waals surface area contributed by atoms with Crippen LogP contribution in [0.2, 0.25) is 0 Å². The predicted octanol–water partition coefficient (Wildman–Crippen LogP) is 1.07. The summed E-state index contributed by atoms with van der Waals surface area (Å²) in [6.07, 6.45) is 2.53. The molecule has 0 atom stereocenters. The van der Waals surface area contributed by atoms with E-state index in [1.807, 2.05) is 6.07 Å². The molecule has 1 rings (SSSR count). The molecule has 0 saturated heterocycles. The molecule has 1 aromatic heterocycles. The zero-order chi connectivity index (χ0) is 7.40. The SMILES string of the molecule is [CH2]CCn1ccccc1=O. The van der Waals surface area contributed by atoms with Gasteiger partial charge in [0.2, 0.25) is 5.56 Å². The number of nitrogens with zero attached hydrogens (tertiary/aromatic N) is 1. The van der Waals surface area contributed by atoms with E-state index in [1.54, 1.807) is 22.9 Å². The molecule has 2 heteroatoms. The Morgan fingerprint density at radius 3 is 2.90 bits per heavy atom. The second-order valence-electron chi connectivity index (χ2n) is 2.09. The maximum atomic E-state index is 10.9. The zero-order valence-electron chi connectivity index (χ0n) is 5.79. The van der Waals surface area contributed by atoms with E-state index < -0.39 is 0 Å². The van der Waals surface area contributed by atoms with Crippen LogP contribution in [0.4, 0.5) is 0 Å². The lowest BCUT2D eigenvalue weighted by molar-refractivity contribution is 0.680. The van der Waals surface area contributed by atoms with E-state index in [0.717, 1.165) is 6.42 Å². The average molecular weight is 136 g/mol. The third-order valence-corrected chi connectivity index (χ3v) is 1.30. The quantitative estimate of drug-likeness (QED) is 0.596. The summed E-state index contributed by atoms with van der Waals surface area (Å²) in [4.78, 5) is 10.9. The Labute approximate surface area is 60.1 Å². The largest absolute Gasteiger partial charge is 0.316 e. The zero-order valence-corrected chi connectivity index (χ0v) is 5.79. The van der Waals surface area contributed by atoms with Crippen molar-refractivity contribution in [1.29, 1.82) is 0 Å². The maximum Gasteiger partial charge on any atom is 0.250 e. The van der Waals surface area contributed by atoms with Crippen LogP contribution in [0.15, 0.2) is 29.2 Å². The van der Waals surface area contributed by atoms with Crippen molar-refractivity contribution in [2.45, 2.75) is 13.0 Å². The Morgan fingerprint density at radius 1 is 1.50 bits per heavy atom. The van der Waals surface area contributed by atoms with Crippen molar-refractivity contribution in [2.75, 3.05) is 0 Å². The minimum atomic E-state index is 0.0474. The highest BCUT2D eigenvalue weighted by Gasteiger charge is 1.88. The van der Waals surface area contributed by atoms with Gasteiger partial charge in [-0.15, -0.1) is 0 Å². The van der Waals surface area contributed by atoms with E-state index in [-0.39, 0.29) is 5.56 Å². The molecule has 0 N–H and O–H groups in total. The van der Waals surface area contributed by atoms with E-state index in [0.29, 0.717) is 6.54 Å². The number of hydrogen-bond acceptors (Lipinski definition) is 1. The van der Waals surface area contributed by atoms with Crippen molar-refractivity contribution in [2.24, 2.45) is 0 Å². The first-order chi connectivity index (χ1) is 4.84. The number of aromatic nitrogens is 1. The van der Waals surface area contributed by atoms with Gasteiger partial charge in [0.05, 0.1) is 0 Å². The molecule has 53 valence electrons. The molecular formula is C8H10NO. The van der Waals surface area contributed by atoms with E-state index in [4.69, 9.17) is 0 Å². The third kappa shape index (κ3) is 1.47. The van der Waals surface area contributed by atoms with E-state index >= 15 is 0 Å². The minimum absolute atomic E-state index is 0.0474. The van der Waals surface area contributed by atoms with Crippen LogP contribution in [0, 0.1) is 6.92 Å². The fraction of sp³-hybridized carbons (Fsp3) is 0.250. The van der Waals surface area contributed by atoms with Gasteiger partial charge in [-0.05, 0) is 12.5 Å². The standard InChI is InChI=1S/C8H10NO/c1-2-6-9-7-4-3-5-8(9)10/h3-5,7H,1-2,6H2. The Balaban J connectivity index is 2.92. The molecule has 0 fully saturated rings. The summed E-state index contributed by atoms with van der Waals surface area (Å²) >= 11 is 0. The van der Waals surface area contributed by atoms with Gasteiger partial charge in [0.1, 0.15) is 0 Å². The average Bonchev–Trinajstić information content (AvgIpc) is 1.94. The second-order valence-corrected chi connectivity index (χ2v) is 2.09. The molecule has 0 saturated carbocycles. The first-order valence-electron chi connectivity index (χ1n) is 3.29. The molecular weight excluding hydrogens is 126 g/mol. The van der Waals surface area contributed by atoms with Crippen LogP contribution in [0.3, 0.4) is 0 Å². The van der Waals surface area contributed by atoms with E-state index in [2.05, 4.69) is 6.92 Å². The fourth-order valence-electron chi connectivity index (χ4n) is 0.816. The van der Waals surface area contributed by atoms with Gasteiger partial charge in [0.15, 0.2) is 0 Å². The van der Waals surface area contributed by atoms with Crippen LogP contribution in [0.5, 0.6) is 0 Å². The molecule has 1 heterocycles. The van der Waals surface area contributed by atoms with Gasteiger partial charge < -0.3 is 4.57 Å². The van der Waals surface area contributed by atoms with Crippen molar-refractivity contribution in [3.05, 3.63) is 41.7 Å². The first-order valence-corrected chi connectivity index (χ1v) is 3.29. The number of pyridine rings is 1. The molecule has 0 bridgehead atoms. The molecule has 1 aromatic rings. The Bertz CT molecular complexity index is 251. The van der Waals surface area contributed by atoms with Crippen molar-refractivity contribution in [3.8, 4) is 0 Å². The van der Waals surface area contributed by atoms with Gasteiger partial charge in [-0.25, -0.2) is 0 Å². The van der Waals surface area contributed by atoms with Crippen LogP contribution in [-0.2, 0) is 6.54 Å². The van der Waals surface area contributed by atoms with Gasteiger partial charge in [0, 0.05) is 18.8 Å². The first kappa shape index (κ1) is 7.06. The highest BCUT2D eigenvalue weighted by Crippen LogP contribution is 1.84. The Hall–Kier alpha value is -1.05. The van der Waals surface area contributed by atoms with Crippen LogP contribution in [0.1, 0.15) is 6.42 Å². The van der Waals surface area contributed by atoms with Crippen molar-refractivity contribution in [1.82, 2.24) is 4.57 Å². The van der Waals surface area contributed by atoms with Crippen molar-refractivity contribution < 1.29 is 0 Å². The van der Waals surface area contributed by atoms with Gasteiger partial charge >= 0.3 is 0 Å². The smallest absolute Gasteiger partial charge is 0.250 e. The van der Waals surface area contributed by atoms with Gasteiger partial charge in [0.25, 0.3) is 0 Å². The highest BCUT2D eigenvalue weighted by atomic mass is 16.1. The summed E-state index contributed by atoms with van der Waals surface area (Å²) in [6, 6.07) is 5.13. The molecule has 0 aliphatic carbocycles. The van der Waals surface area contributed by atoms with Crippen molar-refractivity contribution >= 4 is 0 Å². The summed E-state index contributed by atoms with van der Waals surface area (Å²) in [5.41, 5.74) is 0.0474. The van der Waals surface area contributed by atoms with Gasteiger partial charge in [-0.3, -0.25) is 4.79 Å². The number of aryl methyl sites for hydroxylation is 1. The third-order valence-electron chi connectivity index (χ3n) is 1.30. The normalized spacial score (nSPS) is 9.70.